The molecule has 1 N–H and O–H groups in total. The van der Waals surface area contributed by atoms with Crippen molar-refractivity contribution in [2.45, 2.75) is 45.8 Å². The lowest BCUT2D eigenvalue weighted by Gasteiger charge is -2.24. The van der Waals surface area contributed by atoms with Gasteiger partial charge in [0.15, 0.2) is 0 Å². The van der Waals surface area contributed by atoms with Crippen LogP contribution in [0.4, 0.5) is 0 Å². The zero-order chi connectivity index (χ0) is 12.7. The maximum atomic E-state index is 5.96. The second-order valence-corrected chi connectivity index (χ2v) is 5.02. The van der Waals surface area contributed by atoms with Gasteiger partial charge in [0.2, 0.25) is 0 Å². The van der Waals surface area contributed by atoms with Gasteiger partial charge in [-0.2, -0.15) is 0 Å². The number of ether oxygens (including phenoxy) is 1. The van der Waals surface area contributed by atoms with Crippen LogP contribution < -0.4 is 5.32 Å². The zero-order valence-electron chi connectivity index (χ0n) is 11.5. The molecule has 2 nitrogen and oxygen atoms in total. The minimum Gasteiger partial charge on any atom is -0.371 e. The van der Waals surface area contributed by atoms with Gasteiger partial charge >= 0.3 is 0 Å². The summed E-state index contributed by atoms with van der Waals surface area (Å²) in [5.41, 5.74) is 2.66. The molecule has 0 unspecified atom stereocenters. The van der Waals surface area contributed by atoms with Gasteiger partial charge in [-0.1, -0.05) is 31.2 Å². The van der Waals surface area contributed by atoms with Crippen molar-refractivity contribution in [3.05, 3.63) is 35.4 Å². The first-order valence-electron chi connectivity index (χ1n) is 6.44. The molecule has 96 valence electrons. The van der Waals surface area contributed by atoms with Gasteiger partial charge in [0.25, 0.3) is 0 Å². The molecule has 0 spiro atoms. The summed E-state index contributed by atoms with van der Waals surface area (Å²) >= 11 is 0. The van der Waals surface area contributed by atoms with E-state index in [1.165, 1.54) is 11.1 Å². The SMILES string of the molecule is CCC(C)(C)OCc1ccccc1CCNC. The van der Waals surface area contributed by atoms with Gasteiger partial charge in [-0.3, -0.25) is 0 Å². The normalized spacial score (nSPS) is 11.8. The number of hydrogen-bond donors (Lipinski definition) is 1. The molecule has 0 bridgehead atoms. The Morgan fingerprint density at radius 2 is 1.82 bits per heavy atom. The molecule has 0 saturated carbocycles. The molecule has 0 atom stereocenters. The van der Waals surface area contributed by atoms with Gasteiger partial charge in [-0.05, 0) is 51.4 Å². The summed E-state index contributed by atoms with van der Waals surface area (Å²) in [6, 6.07) is 8.53. The van der Waals surface area contributed by atoms with E-state index in [1.54, 1.807) is 0 Å². The maximum absolute atomic E-state index is 5.96. The monoisotopic (exact) mass is 235 g/mol. The molecule has 0 aliphatic rings. The number of hydrogen-bond acceptors (Lipinski definition) is 2. The third-order valence-corrected chi connectivity index (χ3v) is 3.23. The molecule has 2 heteroatoms. The van der Waals surface area contributed by atoms with Crippen LogP contribution in [-0.2, 0) is 17.8 Å². The molecule has 0 saturated heterocycles. The smallest absolute Gasteiger partial charge is 0.0726 e. The highest BCUT2D eigenvalue weighted by Gasteiger charge is 2.15. The third-order valence-electron chi connectivity index (χ3n) is 3.23. The fraction of sp³-hybridized carbons (Fsp3) is 0.600. The molecule has 0 amide bonds. The fourth-order valence-corrected chi connectivity index (χ4v) is 1.58. The van der Waals surface area contributed by atoms with Crippen molar-refractivity contribution in [2.75, 3.05) is 13.6 Å². The van der Waals surface area contributed by atoms with Crippen LogP contribution in [0.15, 0.2) is 24.3 Å². The predicted octanol–water partition coefficient (Wildman–Crippen LogP) is 3.15. The van der Waals surface area contributed by atoms with Crippen LogP contribution in [0.2, 0.25) is 0 Å². The summed E-state index contributed by atoms with van der Waals surface area (Å²) < 4.78 is 5.96. The Morgan fingerprint density at radius 1 is 1.18 bits per heavy atom. The van der Waals surface area contributed by atoms with Crippen LogP contribution in [0.25, 0.3) is 0 Å². The Hall–Kier alpha value is -0.860. The highest BCUT2D eigenvalue weighted by atomic mass is 16.5. The number of likely N-dealkylation sites (N-methyl/N-ethyl adjacent to an activating group) is 1. The van der Waals surface area contributed by atoms with Gasteiger partial charge < -0.3 is 10.1 Å². The Morgan fingerprint density at radius 3 is 2.41 bits per heavy atom. The quantitative estimate of drug-likeness (QED) is 0.784. The van der Waals surface area contributed by atoms with Gasteiger partial charge in [-0.15, -0.1) is 0 Å². The average Bonchev–Trinajstić information content (AvgIpc) is 2.35. The molecule has 0 fully saturated rings. The van der Waals surface area contributed by atoms with Crippen LogP contribution in [-0.4, -0.2) is 19.2 Å². The highest BCUT2D eigenvalue weighted by molar-refractivity contribution is 5.26. The Kier molecular flexibility index (Phi) is 5.66. The van der Waals surface area contributed by atoms with Crippen LogP contribution in [0, 0.1) is 0 Å². The summed E-state index contributed by atoms with van der Waals surface area (Å²) in [5, 5.41) is 3.19. The van der Waals surface area contributed by atoms with Gasteiger partial charge in [0, 0.05) is 0 Å². The van der Waals surface area contributed by atoms with E-state index >= 15 is 0 Å². The van der Waals surface area contributed by atoms with Crippen molar-refractivity contribution in [3.8, 4) is 0 Å². The van der Waals surface area contributed by atoms with Gasteiger partial charge in [0.1, 0.15) is 0 Å². The summed E-state index contributed by atoms with van der Waals surface area (Å²) in [7, 11) is 1.99. The predicted molar refractivity (Wildman–Crippen MR) is 73.2 cm³/mol. The standard InChI is InChI=1S/C15H25NO/c1-5-15(2,3)17-12-14-9-7-6-8-13(14)10-11-16-4/h6-9,16H,5,10-12H2,1-4H3. The zero-order valence-corrected chi connectivity index (χ0v) is 11.5. The van der Waals surface area contributed by atoms with Gasteiger partial charge in [0.05, 0.1) is 12.2 Å². The van der Waals surface area contributed by atoms with Crippen LogP contribution >= 0.6 is 0 Å². The van der Waals surface area contributed by atoms with E-state index in [0.29, 0.717) is 6.61 Å². The first kappa shape index (κ1) is 14.2. The Balaban J connectivity index is 2.63. The topological polar surface area (TPSA) is 21.3 Å². The second-order valence-electron chi connectivity index (χ2n) is 5.02. The molecule has 1 rings (SSSR count). The number of benzene rings is 1. The molecule has 0 aliphatic carbocycles. The van der Waals surface area contributed by atoms with E-state index in [-0.39, 0.29) is 5.60 Å². The summed E-state index contributed by atoms with van der Waals surface area (Å²) in [4.78, 5) is 0. The minimum absolute atomic E-state index is 0.0316. The van der Waals surface area contributed by atoms with Crippen molar-refractivity contribution < 1.29 is 4.74 Å². The first-order chi connectivity index (χ1) is 8.09. The van der Waals surface area contributed by atoms with E-state index in [2.05, 4.69) is 50.4 Å². The molecular formula is C15H25NO. The van der Waals surface area contributed by atoms with Crippen molar-refractivity contribution in [2.24, 2.45) is 0 Å². The largest absolute Gasteiger partial charge is 0.371 e. The summed E-state index contributed by atoms with van der Waals surface area (Å²) in [5.74, 6) is 0. The molecule has 17 heavy (non-hydrogen) atoms. The maximum Gasteiger partial charge on any atom is 0.0726 e. The summed E-state index contributed by atoms with van der Waals surface area (Å²) in [6.07, 6.45) is 2.09. The van der Waals surface area contributed by atoms with Crippen molar-refractivity contribution in [3.63, 3.8) is 0 Å². The number of rotatable bonds is 7. The van der Waals surface area contributed by atoms with E-state index in [4.69, 9.17) is 4.74 Å². The van der Waals surface area contributed by atoms with E-state index in [1.807, 2.05) is 7.05 Å². The average molecular weight is 235 g/mol. The molecule has 1 aromatic carbocycles. The second kappa shape index (κ2) is 6.77. The van der Waals surface area contributed by atoms with Crippen LogP contribution in [0.5, 0.6) is 0 Å². The van der Waals surface area contributed by atoms with E-state index in [0.717, 1.165) is 19.4 Å². The first-order valence-corrected chi connectivity index (χ1v) is 6.44. The minimum atomic E-state index is -0.0316. The van der Waals surface area contributed by atoms with Crippen molar-refractivity contribution >= 4 is 0 Å². The Bertz CT molecular complexity index is 333. The molecule has 1 aromatic rings. The Labute approximate surface area is 105 Å². The van der Waals surface area contributed by atoms with Crippen LogP contribution in [0.3, 0.4) is 0 Å². The van der Waals surface area contributed by atoms with Gasteiger partial charge in [-0.25, -0.2) is 0 Å². The summed E-state index contributed by atoms with van der Waals surface area (Å²) in [6.45, 7) is 8.16. The lowest BCUT2D eigenvalue weighted by atomic mass is 10.0. The molecule has 0 radical (unpaired) electrons. The van der Waals surface area contributed by atoms with E-state index < -0.39 is 0 Å². The van der Waals surface area contributed by atoms with Crippen molar-refractivity contribution in [1.82, 2.24) is 5.32 Å². The van der Waals surface area contributed by atoms with Crippen LogP contribution in [0.1, 0.15) is 38.3 Å². The molecular weight excluding hydrogens is 210 g/mol. The highest BCUT2D eigenvalue weighted by Crippen LogP contribution is 2.18. The molecule has 0 aliphatic heterocycles. The fourth-order valence-electron chi connectivity index (χ4n) is 1.58. The number of nitrogens with one attached hydrogen (secondary N) is 1. The lowest BCUT2D eigenvalue weighted by molar-refractivity contribution is -0.0318. The lowest BCUT2D eigenvalue weighted by Crippen LogP contribution is -2.23. The third kappa shape index (κ3) is 4.88. The molecule has 0 heterocycles. The van der Waals surface area contributed by atoms with Crippen molar-refractivity contribution in [1.29, 1.82) is 0 Å². The van der Waals surface area contributed by atoms with E-state index in [9.17, 15) is 0 Å². The molecule has 0 aromatic heterocycles.